The van der Waals surface area contributed by atoms with Crippen molar-refractivity contribution in [2.75, 3.05) is 0 Å². The van der Waals surface area contributed by atoms with Crippen LogP contribution in [-0.2, 0) is 43.5 Å². The summed E-state index contributed by atoms with van der Waals surface area (Å²) in [7, 11) is 0. The van der Waals surface area contributed by atoms with Gasteiger partial charge in [0.15, 0.2) is 0 Å². The van der Waals surface area contributed by atoms with Gasteiger partial charge < -0.3 is 47.1 Å². The normalized spacial score (nSPS) is 8.07. The van der Waals surface area contributed by atoms with Crippen LogP contribution in [0.25, 0.3) is 5.43 Å². The third-order valence-corrected chi connectivity index (χ3v) is 2.59. The first kappa shape index (κ1) is 40.0. The van der Waals surface area contributed by atoms with E-state index < -0.39 is 5.97 Å². The Balaban J connectivity index is -0.000000112. The van der Waals surface area contributed by atoms with Gasteiger partial charge in [0.1, 0.15) is 0 Å². The number of carboxylic acids is 1. The fraction of sp³-hybridized carbons (Fsp3) is 0.500. The van der Waals surface area contributed by atoms with Crippen LogP contribution in [0.4, 0.5) is 0 Å². The van der Waals surface area contributed by atoms with Crippen LogP contribution in [-0.4, -0.2) is 23.1 Å². The number of aromatic nitrogens is 1. The van der Waals surface area contributed by atoms with Crippen LogP contribution in [0.5, 0.6) is 0 Å². The molecule has 0 saturated heterocycles. The molecule has 0 fully saturated rings. The molecule has 161 valence electrons. The predicted octanol–water partition coefficient (Wildman–Crippen LogP) is -0.992. The summed E-state index contributed by atoms with van der Waals surface area (Å²) < 4.78 is 0. The third-order valence-electron chi connectivity index (χ3n) is 2.59. The Labute approximate surface area is 169 Å². The Morgan fingerprint density at radius 1 is 1.07 bits per heavy atom. The molecule has 0 aliphatic carbocycles. The number of carbonyl (C=O) groups excluding carboxylic acids is 2. The molecule has 0 spiro atoms. The molecule has 0 aromatic carbocycles. The molecule has 11 heteroatoms. The van der Waals surface area contributed by atoms with Crippen molar-refractivity contribution in [1.29, 1.82) is 0 Å². The SMILES string of the molecule is CC(=O)[O-].CCCCCCC/C=N/[N-]C(=O)c1ccncc1.[Co+2].[OH3+].[OH3+].[OH3+].[OH3+]. The molecule has 27 heavy (non-hydrogen) atoms. The van der Waals surface area contributed by atoms with Gasteiger partial charge in [-0.1, -0.05) is 32.6 Å². The van der Waals surface area contributed by atoms with Crippen molar-refractivity contribution in [2.45, 2.75) is 52.4 Å². The average Bonchev–Trinajstić information content (AvgIpc) is 2.50. The van der Waals surface area contributed by atoms with E-state index in [2.05, 4.69) is 22.4 Å². The first-order valence-corrected chi connectivity index (χ1v) is 7.42. The van der Waals surface area contributed by atoms with E-state index in [1.54, 1.807) is 30.7 Å². The van der Waals surface area contributed by atoms with E-state index in [1.807, 2.05) is 0 Å². The first-order valence-electron chi connectivity index (χ1n) is 7.42. The van der Waals surface area contributed by atoms with Gasteiger partial charge in [-0.3, -0.25) is 4.98 Å². The molecule has 12 N–H and O–H groups in total. The number of aliphatic carboxylic acids is 1. The first-order chi connectivity index (χ1) is 10.6. The summed E-state index contributed by atoms with van der Waals surface area (Å²) in [4.78, 5) is 24.2. The van der Waals surface area contributed by atoms with Crippen LogP contribution < -0.4 is 5.11 Å². The van der Waals surface area contributed by atoms with Crippen molar-refractivity contribution in [3.05, 3.63) is 35.5 Å². The molecule has 0 aliphatic heterocycles. The summed E-state index contributed by atoms with van der Waals surface area (Å²) in [5.41, 5.74) is 4.15. The van der Waals surface area contributed by atoms with Gasteiger partial charge in [-0.05, 0) is 38.1 Å². The maximum atomic E-state index is 11.5. The Morgan fingerprint density at radius 2 is 1.56 bits per heavy atom. The zero-order chi connectivity index (χ0) is 16.6. The Kier molecular flexibility index (Phi) is 42.8. The molecule has 0 saturated carbocycles. The molecule has 1 aromatic heterocycles. The van der Waals surface area contributed by atoms with E-state index in [9.17, 15) is 4.79 Å². The minimum absolute atomic E-state index is 0. The smallest absolute Gasteiger partial charge is 0.550 e. The Morgan fingerprint density at radius 3 is 2.04 bits per heavy atom. The molecule has 0 aliphatic rings. The van der Waals surface area contributed by atoms with Crippen LogP contribution >= 0.6 is 0 Å². The largest absolute Gasteiger partial charge is 2.00 e. The summed E-state index contributed by atoms with van der Waals surface area (Å²) in [6.07, 6.45) is 11.9. The van der Waals surface area contributed by atoms with Crippen molar-refractivity contribution >= 4 is 18.1 Å². The average molecular weight is 440 g/mol. The van der Waals surface area contributed by atoms with Crippen molar-refractivity contribution in [3.8, 4) is 0 Å². The summed E-state index contributed by atoms with van der Waals surface area (Å²) >= 11 is 0. The zero-order valence-corrected chi connectivity index (χ0v) is 16.9. The number of hydrogen-bond acceptors (Lipinski definition) is 5. The summed E-state index contributed by atoms with van der Waals surface area (Å²) in [6.45, 7) is 3.17. The minimum Gasteiger partial charge on any atom is -0.550 e. The van der Waals surface area contributed by atoms with Crippen molar-refractivity contribution in [1.82, 2.24) is 4.98 Å². The van der Waals surface area contributed by atoms with Gasteiger partial charge in [0.25, 0.3) is 0 Å². The number of hydrogen-bond donors (Lipinski definition) is 0. The molecular formula is C16H35CoN3O7+4. The number of amides is 1. The number of unbranched alkanes of at least 4 members (excludes halogenated alkanes) is 5. The van der Waals surface area contributed by atoms with E-state index in [4.69, 9.17) is 9.90 Å². The molecule has 1 amide bonds. The van der Waals surface area contributed by atoms with Gasteiger partial charge >= 0.3 is 16.8 Å². The number of nitrogens with zero attached hydrogens (tertiary/aromatic N) is 3. The van der Waals surface area contributed by atoms with Gasteiger partial charge in [-0.2, -0.15) is 0 Å². The molecule has 0 atom stereocenters. The van der Waals surface area contributed by atoms with E-state index >= 15 is 0 Å². The van der Waals surface area contributed by atoms with Crippen LogP contribution in [0.15, 0.2) is 29.6 Å². The number of carboxylic acid groups (broad SMARTS) is 1. The molecule has 1 rings (SSSR count). The van der Waals surface area contributed by atoms with Gasteiger partial charge in [0, 0.05) is 23.9 Å². The molecule has 0 unspecified atom stereocenters. The van der Waals surface area contributed by atoms with Gasteiger partial charge in [-0.15, -0.1) is 0 Å². The van der Waals surface area contributed by atoms with Gasteiger partial charge in [-0.25, -0.2) is 0 Å². The Bertz CT molecular complexity index is 459. The van der Waals surface area contributed by atoms with Crippen molar-refractivity contribution in [3.63, 3.8) is 0 Å². The third kappa shape index (κ3) is 29.1. The van der Waals surface area contributed by atoms with Crippen molar-refractivity contribution < 1.29 is 53.4 Å². The fourth-order valence-corrected chi connectivity index (χ4v) is 1.54. The molecular weight excluding hydrogens is 405 g/mol. The van der Waals surface area contributed by atoms with Gasteiger partial charge in [0.05, 0.1) is 5.91 Å². The van der Waals surface area contributed by atoms with Crippen LogP contribution in [0.3, 0.4) is 0 Å². The standard InChI is InChI=1S/C14H21N3O.C2H4O2.Co.4H2O/c1-2-3-4-5-6-7-10-16-17-14(18)13-8-11-15-12-9-13;1-2(3)4;;;;;/h8-12H,2-7H2,1H3,(H,17,18);1H3,(H,3,4);;4*1H2/q;;+2;;;;/p+2/b16-10+;;;;;;. The van der Waals surface area contributed by atoms with Crippen molar-refractivity contribution in [2.24, 2.45) is 5.10 Å². The summed E-state index contributed by atoms with van der Waals surface area (Å²) in [6, 6.07) is 3.26. The zero-order valence-electron chi connectivity index (χ0n) is 15.8. The topological polar surface area (TPSA) is 229 Å². The van der Waals surface area contributed by atoms with E-state index in [0.29, 0.717) is 5.56 Å². The van der Waals surface area contributed by atoms with E-state index in [1.165, 1.54) is 25.7 Å². The molecule has 10 nitrogen and oxygen atoms in total. The fourth-order valence-electron chi connectivity index (χ4n) is 1.54. The molecule has 1 radical (unpaired) electrons. The van der Waals surface area contributed by atoms with Crippen LogP contribution in [0, 0.1) is 0 Å². The van der Waals surface area contributed by atoms with Gasteiger partial charge in [0.2, 0.25) is 0 Å². The Hall–Kier alpha value is -1.89. The van der Waals surface area contributed by atoms with E-state index in [0.717, 1.165) is 19.8 Å². The quantitative estimate of drug-likeness (QED) is 0.214. The second kappa shape index (κ2) is 28.9. The monoisotopic (exact) mass is 440 g/mol. The second-order valence-corrected chi connectivity index (χ2v) is 4.63. The minimum atomic E-state index is -1.08. The molecule has 1 aromatic rings. The maximum absolute atomic E-state index is 11.5. The molecule has 1 heterocycles. The maximum Gasteiger partial charge on any atom is 2.00 e. The molecule has 0 bridgehead atoms. The van der Waals surface area contributed by atoms with E-state index in [-0.39, 0.29) is 44.6 Å². The van der Waals surface area contributed by atoms with Crippen LogP contribution in [0.1, 0.15) is 62.7 Å². The number of carbonyl (C=O) groups is 2. The number of pyridine rings is 1. The summed E-state index contributed by atoms with van der Waals surface area (Å²) in [5.74, 6) is -1.40. The predicted molar refractivity (Wildman–Crippen MR) is 104 cm³/mol. The second-order valence-electron chi connectivity index (χ2n) is 4.63. The number of rotatable bonds is 8. The van der Waals surface area contributed by atoms with Crippen LogP contribution in [0.2, 0.25) is 0 Å². The summed E-state index contributed by atoms with van der Waals surface area (Å²) in [5, 5.41) is 12.7.